The fourth-order valence-electron chi connectivity index (χ4n) is 2.16. The zero-order valence-electron chi connectivity index (χ0n) is 9.34. The molecule has 2 rings (SSSR count). The quantitative estimate of drug-likeness (QED) is 0.796. The van der Waals surface area contributed by atoms with E-state index < -0.39 is 0 Å². The van der Waals surface area contributed by atoms with Gasteiger partial charge in [0.2, 0.25) is 0 Å². The van der Waals surface area contributed by atoms with E-state index in [-0.39, 0.29) is 6.04 Å². The number of nitrogens with zero attached hydrogens (tertiary/aromatic N) is 3. The highest BCUT2D eigenvalue weighted by Crippen LogP contribution is 2.23. The summed E-state index contributed by atoms with van der Waals surface area (Å²) in [7, 11) is 0. The monoisotopic (exact) mass is 285 g/mol. The van der Waals surface area contributed by atoms with Crippen LogP contribution >= 0.6 is 15.9 Å². The lowest BCUT2D eigenvalue weighted by molar-refractivity contribution is -0.112. The number of carbonyl (C=O) groups excluding carboxylic acids is 1. The molecular formula is C11H16BrN3O. The predicted molar refractivity (Wildman–Crippen MR) is 65.3 cm³/mol. The first-order valence-electron chi connectivity index (χ1n) is 5.59. The van der Waals surface area contributed by atoms with Gasteiger partial charge in [0, 0.05) is 19.3 Å². The van der Waals surface area contributed by atoms with Gasteiger partial charge < -0.3 is 4.79 Å². The van der Waals surface area contributed by atoms with Crippen LogP contribution in [0.1, 0.15) is 25.8 Å². The van der Waals surface area contributed by atoms with Crippen LogP contribution in [0.4, 0.5) is 0 Å². The molecule has 5 heteroatoms. The first-order chi connectivity index (χ1) is 7.70. The van der Waals surface area contributed by atoms with Crippen molar-refractivity contribution in [3.8, 4) is 0 Å². The summed E-state index contributed by atoms with van der Waals surface area (Å²) in [6.45, 7) is 3.90. The number of hydrogen-bond donors (Lipinski definition) is 0. The average Bonchev–Trinajstić information content (AvgIpc) is 2.75. The highest BCUT2D eigenvalue weighted by atomic mass is 79.9. The summed E-state index contributed by atoms with van der Waals surface area (Å²) in [6, 6.07) is 0.520. The number of piperidine rings is 1. The summed E-state index contributed by atoms with van der Waals surface area (Å²) < 4.78 is 3.05. The Morgan fingerprint density at radius 1 is 1.56 bits per heavy atom. The van der Waals surface area contributed by atoms with E-state index in [0.29, 0.717) is 6.04 Å². The fourth-order valence-corrected chi connectivity index (χ4v) is 2.46. The molecule has 0 amide bonds. The molecule has 1 fully saturated rings. The molecule has 4 nitrogen and oxygen atoms in total. The Morgan fingerprint density at radius 3 is 2.75 bits per heavy atom. The largest absolute Gasteiger partial charge is 0.302 e. The second-order valence-electron chi connectivity index (χ2n) is 4.28. The van der Waals surface area contributed by atoms with E-state index in [0.717, 1.165) is 36.7 Å². The van der Waals surface area contributed by atoms with E-state index in [2.05, 4.69) is 25.9 Å². The molecule has 0 bridgehead atoms. The first-order valence-corrected chi connectivity index (χ1v) is 6.39. The van der Waals surface area contributed by atoms with Crippen molar-refractivity contribution in [2.24, 2.45) is 0 Å². The van der Waals surface area contributed by atoms with Crippen LogP contribution in [0.25, 0.3) is 0 Å². The molecule has 0 radical (unpaired) electrons. The van der Waals surface area contributed by atoms with Gasteiger partial charge in [0.25, 0.3) is 0 Å². The lowest BCUT2D eigenvalue weighted by atomic mass is 10.0. The number of rotatable bonds is 3. The number of hydrogen-bond acceptors (Lipinski definition) is 3. The predicted octanol–water partition coefficient (Wildman–Crippen LogP) is 1.87. The van der Waals surface area contributed by atoms with Gasteiger partial charge in [-0.2, -0.15) is 5.10 Å². The van der Waals surface area contributed by atoms with E-state index in [9.17, 15) is 4.79 Å². The second-order valence-corrected chi connectivity index (χ2v) is 5.20. The Balaban J connectivity index is 1.92. The van der Waals surface area contributed by atoms with Crippen LogP contribution in [-0.4, -0.2) is 40.1 Å². The zero-order valence-corrected chi connectivity index (χ0v) is 10.9. The van der Waals surface area contributed by atoms with Crippen LogP contribution in [0, 0.1) is 0 Å². The van der Waals surface area contributed by atoms with Crippen LogP contribution in [0.2, 0.25) is 0 Å². The Morgan fingerprint density at radius 2 is 2.25 bits per heavy atom. The van der Waals surface area contributed by atoms with Crippen LogP contribution in [-0.2, 0) is 4.79 Å². The molecule has 0 spiro atoms. The lowest BCUT2D eigenvalue weighted by Gasteiger charge is -2.33. The molecule has 1 atom stereocenters. The molecule has 0 saturated carbocycles. The second kappa shape index (κ2) is 5.10. The molecule has 0 aliphatic carbocycles. The van der Waals surface area contributed by atoms with E-state index in [1.807, 2.05) is 24.0 Å². The molecule has 1 aliphatic rings. The fraction of sp³-hybridized carbons (Fsp3) is 0.636. The van der Waals surface area contributed by atoms with Gasteiger partial charge in [0.15, 0.2) is 0 Å². The molecule has 1 unspecified atom stereocenters. The van der Waals surface area contributed by atoms with Crippen LogP contribution in [0.5, 0.6) is 0 Å². The average molecular weight is 286 g/mol. The van der Waals surface area contributed by atoms with Crippen molar-refractivity contribution in [3.63, 3.8) is 0 Å². The minimum atomic E-state index is 0.0466. The van der Waals surface area contributed by atoms with Gasteiger partial charge in [0.05, 0.1) is 22.8 Å². The Kier molecular flexibility index (Phi) is 3.76. The summed E-state index contributed by atoms with van der Waals surface area (Å²) in [5, 5.41) is 4.31. The smallest absolute Gasteiger partial charge is 0.136 e. The molecule has 1 aromatic rings. The van der Waals surface area contributed by atoms with Crippen LogP contribution in [0.3, 0.4) is 0 Å². The molecule has 16 heavy (non-hydrogen) atoms. The number of halogens is 1. The standard InChI is InChI=1S/C11H16BrN3O/c1-9(8-16)14-4-2-11(3-5-14)15-7-10(12)6-13-15/h6-9,11H,2-5H2,1H3. The third-order valence-electron chi connectivity index (χ3n) is 3.22. The summed E-state index contributed by atoms with van der Waals surface area (Å²) in [4.78, 5) is 12.9. The van der Waals surface area contributed by atoms with Crippen LogP contribution < -0.4 is 0 Å². The summed E-state index contributed by atoms with van der Waals surface area (Å²) in [5.41, 5.74) is 0. The van der Waals surface area contributed by atoms with Gasteiger partial charge >= 0.3 is 0 Å². The van der Waals surface area contributed by atoms with Crippen molar-refractivity contribution >= 4 is 22.2 Å². The highest BCUT2D eigenvalue weighted by molar-refractivity contribution is 9.10. The highest BCUT2D eigenvalue weighted by Gasteiger charge is 2.23. The molecule has 1 saturated heterocycles. The first kappa shape index (κ1) is 11.8. The third-order valence-corrected chi connectivity index (χ3v) is 3.63. The van der Waals surface area contributed by atoms with Crippen molar-refractivity contribution in [1.82, 2.24) is 14.7 Å². The van der Waals surface area contributed by atoms with E-state index in [4.69, 9.17) is 0 Å². The molecule has 1 aliphatic heterocycles. The Hall–Kier alpha value is -0.680. The van der Waals surface area contributed by atoms with Gasteiger partial charge in [-0.25, -0.2) is 0 Å². The number of carbonyl (C=O) groups is 1. The summed E-state index contributed by atoms with van der Waals surface area (Å²) in [6.07, 6.45) is 6.98. The van der Waals surface area contributed by atoms with E-state index in [1.54, 1.807) is 0 Å². The molecular weight excluding hydrogens is 270 g/mol. The normalized spacial score (nSPS) is 20.9. The van der Waals surface area contributed by atoms with Crippen molar-refractivity contribution in [3.05, 3.63) is 16.9 Å². The number of likely N-dealkylation sites (tertiary alicyclic amines) is 1. The lowest BCUT2D eigenvalue weighted by Crippen LogP contribution is -2.41. The summed E-state index contributed by atoms with van der Waals surface area (Å²) in [5.74, 6) is 0. The zero-order chi connectivity index (χ0) is 11.5. The van der Waals surface area contributed by atoms with Crippen molar-refractivity contribution < 1.29 is 4.79 Å². The SMILES string of the molecule is CC(C=O)N1CCC(n2cc(Br)cn2)CC1. The minimum absolute atomic E-state index is 0.0466. The van der Waals surface area contributed by atoms with Gasteiger partial charge in [-0.3, -0.25) is 9.58 Å². The van der Waals surface area contributed by atoms with Gasteiger partial charge in [-0.1, -0.05) is 0 Å². The number of aldehydes is 1. The van der Waals surface area contributed by atoms with E-state index in [1.165, 1.54) is 0 Å². The molecule has 0 N–H and O–H groups in total. The third kappa shape index (κ3) is 2.52. The molecule has 0 aromatic carbocycles. The van der Waals surface area contributed by atoms with Gasteiger partial charge in [0.1, 0.15) is 6.29 Å². The van der Waals surface area contributed by atoms with Crippen molar-refractivity contribution in [1.29, 1.82) is 0 Å². The van der Waals surface area contributed by atoms with E-state index >= 15 is 0 Å². The minimum Gasteiger partial charge on any atom is -0.302 e. The number of aromatic nitrogens is 2. The maximum absolute atomic E-state index is 10.7. The maximum atomic E-state index is 10.7. The summed E-state index contributed by atoms with van der Waals surface area (Å²) >= 11 is 3.40. The molecule has 88 valence electrons. The van der Waals surface area contributed by atoms with Crippen LogP contribution in [0.15, 0.2) is 16.9 Å². The Labute approximate surface area is 104 Å². The molecule has 2 heterocycles. The maximum Gasteiger partial charge on any atom is 0.136 e. The van der Waals surface area contributed by atoms with Crippen molar-refractivity contribution in [2.45, 2.75) is 31.8 Å². The van der Waals surface area contributed by atoms with Gasteiger partial charge in [-0.05, 0) is 35.7 Å². The Bertz CT molecular complexity index is 358. The van der Waals surface area contributed by atoms with Gasteiger partial charge in [-0.15, -0.1) is 0 Å². The topological polar surface area (TPSA) is 38.1 Å². The molecule has 1 aromatic heterocycles. The van der Waals surface area contributed by atoms with Crippen molar-refractivity contribution in [2.75, 3.05) is 13.1 Å².